The minimum atomic E-state index is -0.538. The van der Waals surface area contributed by atoms with Gasteiger partial charge < -0.3 is 20.3 Å². The van der Waals surface area contributed by atoms with Crippen LogP contribution in [-0.4, -0.2) is 43.5 Å². The fourth-order valence-corrected chi connectivity index (χ4v) is 2.27. The molecule has 1 aromatic rings. The number of benzene rings is 1. The number of carbonyl (C=O) groups excluding carboxylic acids is 2. The fraction of sp³-hybridized carbons (Fsp3) is 0.467. The predicted octanol–water partition coefficient (Wildman–Crippen LogP) is 1.25. The molecule has 2 N–H and O–H groups in total. The van der Waals surface area contributed by atoms with Crippen LogP contribution in [-0.2, 0) is 9.59 Å². The van der Waals surface area contributed by atoms with Crippen LogP contribution in [0.25, 0.3) is 0 Å². The number of nitrogens with two attached hydrogens (primary N) is 1. The molecule has 2 rings (SSSR count). The predicted molar refractivity (Wildman–Crippen MR) is 81.2 cm³/mol. The summed E-state index contributed by atoms with van der Waals surface area (Å²) in [5, 5.41) is 0. The summed E-state index contributed by atoms with van der Waals surface area (Å²) in [6.45, 7) is 2.20. The Kier molecular flexibility index (Phi) is 4.35. The van der Waals surface area contributed by atoms with E-state index in [0.29, 0.717) is 36.5 Å². The standard InChI is InChI=1S/C15H21N3O3/c1-10-15(20)18(8-4-5-14(19)17(2)3)12-7-6-11(16)9-13(12)21-10/h6-7,9-10H,4-5,8,16H2,1-3H3. The van der Waals surface area contributed by atoms with Crippen molar-refractivity contribution in [3.63, 3.8) is 0 Å². The first-order valence-corrected chi connectivity index (χ1v) is 6.98. The lowest BCUT2D eigenvalue weighted by Crippen LogP contribution is -2.45. The van der Waals surface area contributed by atoms with Gasteiger partial charge in [0.05, 0.1) is 5.69 Å². The van der Waals surface area contributed by atoms with E-state index < -0.39 is 6.10 Å². The van der Waals surface area contributed by atoms with Gasteiger partial charge in [-0.25, -0.2) is 0 Å². The zero-order chi connectivity index (χ0) is 15.6. The van der Waals surface area contributed by atoms with E-state index in [1.807, 2.05) is 0 Å². The number of nitrogen functional groups attached to an aromatic ring is 1. The van der Waals surface area contributed by atoms with Crippen LogP contribution < -0.4 is 15.4 Å². The third-order valence-corrected chi connectivity index (χ3v) is 3.46. The van der Waals surface area contributed by atoms with Gasteiger partial charge in [0.25, 0.3) is 5.91 Å². The number of carbonyl (C=O) groups is 2. The van der Waals surface area contributed by atoms with Crippen molar-refractivity contribution >= 4 is 23.2 Å². The normalized spacial score (nSPS) is 17.2. The van der Waals surface area contributed by atoms with Crippen LogP contribution in [0.1, 0.15) is 19.8 Å². The van der Waals surface area contributed by atoms with Gasteiger partial charge in [0, 0.05) is 38.8 Å². The summed E-state index contributed by atoms with van der Waals surface area (Å²) in [6.07, 6.45) is 0.485. The summed E-state index contributed by atoms with van der Waals surface area (Å²) in [6, 6.07) is 5.24. The highest BCUT2D eigenvalue weighted by Crippen LogP contribution is 2.35. The average Bonchev–Trinajstić information content (AvgIpc) is 2.42. The van der Waals surface area contributed by atoms with Crippen LogP contribution in [0, 0.1) is 0 Å². The van der Waals surface area contributed by atoms with Gasteiger partial charge in [0.15, 0.2) is 6.10 Å². The fourth-order valence-electron chi connectivity index (χ4n) is 2.27. The maximum atomic E-state index is 12.3. The Labute approximate surface area is 124 Å². The number of fused-ring (bicyclic) bond motifs is 1. The van der Waals surface area contributed by atoms with Crippen molar-refractivity contribution in [3.05, 3.63) is 18.2 Å². The lowest BCUT2D eigenvalue weighted by molar-refractivity contribution is -0.129. The van der Waals surface area contributed by atoms with Gasteiger partial charge in [0.2, 0.25) is 5.91 Å². The van der Waals surface area contributed by atoms with Gasteiger partial charge in [-0.1, -0.05) is 0 Å². The van der Waals surface area contributed by atoms with Gasteiger partial charge in [-0.2, -0.15) is 0 Å². The summed E-state index contributed by atoms with van der Waals surface area (Å²) in [4.78, 5) is 27.1. The molecule has 1 aliphatic rings. The van der Waals surface area contributed by atoms with Gasteiger partial charge in [-0.05, 0) is 25.5 Å². The molecule has 0 aliphatic carbocycles. The number of ether oxygens (including phenoxy) is 1. The molecule has 21 heavy (non-hydrogen) atoms. The van der Waals surface area contributed by atoms with Crippen LogP contribution in [0.4, 0.5) is 11.4 Å². The summed E-state index contributed by atoms with van der Waals surface area (Å²) in [5.41, 5.74) is 7.05. The van der Waals surface area contributed by atoms with Crippen LogP contribution in [0.3, 0.4) is 0 Å². The van der Waals surface area contributed by atoms with E-state index in [2.05, 4.69) is 0 Å². The molecule has 0 fully saturated rings. The third-order valence-electron chi connectivity index (χ3n) is 3.46. The molecule has 0 bridgehead atoms. The molecule has 0 saturated heterocycles. The quantitative estimate of drug-likeness (QED) is 0.847. The van der Waals surface area contributed by atoms with Gasteiger partial charge in [-0.15, -0.1) is 0 Å². The Balaban J connectivity index is 2.11. The summed E-state index contributed by atoms with van der Waals surface area (Å²) in [7, 11) is 3.45. The number of nitrogens with zero attached hydrogens (tertiary/aromatic N) is 2. The highest BCUT2D eigenvalue weighted by Gasteiger charge is 2.31. The average molecular weight is 291 g/mol. The molecule has 114 valence electrons. The van der Waals surface area contributed by atoms with E-state index >= 15 is 0 Å². The first-order valence-electron chi connectivity index (χ1n) is 6.98. The lowest BCUT2D eigenvalue weighted by atomic mass is 10.1. The monoisotopic (exact) mass is 291 g/mol. The van der Waals surface area contributed by atoms with Crippen molar-refractivity contribution < 1.29 is 14.3 Å². The van der Waals surface area contributed by atoms with Crippen molar-refractivity contribution in [2.24, 2.45) is 0 Å². The van der Waals surface area contributed by atoms with E-state index in [1.54, 1.807) is 49.0 Å². The smallest absolute Gasteiger partial charge is 0.267 e. The Morgan fingerprint density at radius 3 is 2.81 bits per heavy atom. The molecular weight excluding hydrogens is 270 g/mol. The molecule has 0 saturated carbocycles. The zero-order valence-corrected chi connectivity index (χ0v) is 12.6. The number of amides is 2. The van der Waals surface area contributed by atoms with E-state index in [-0.39, 0.29) is 11.8 Å². The highest BCUT2D eigenvalue weighted by molar-refractivity contribution is 6.00. The van der Waals surface area contributed by atoms with Crippen LogP contribution >= 0.6 is 0 Å². The second kappa shape index (κ2) is 6.03. The SMILES string of the molecule is CC1Oc2cc(N)ccc2N(CCCC(=O)N(C)C)C1=O. The van der Waals surface area contributed by atoms with Crippen LogP contribution in [0.2, 0.25) is 0 Å². The van der Waals surface area contributed by atoms with E-state index in [4.69, 9.17) is 10.5 Å². The molecule has 0 radical (unpaired) electrons. The minimum Gasteiger partial charge on any atom is -0.479 e. The summed E-state index contributed by atoms with van der Waals surface area (Å²) in [5.74, 6) is 0.576. The molecule has 1 aliphatic heterocycles. The van der Waals surface area contributed by atoms with Crippen LogP contribution in [0.5, 0.6) is 5.75 Å². The molecule has 1 atom stereocenters. The minimum absolute atomic E-state index is 0.0567. The number of rotatable bonds is 4. The van der Waals surface area contributed by atoms with Crippen molar-refractivity contribution in [3.8, 4) is 5.75 Å². The first-order chi connectivity index (χ1) is 9.90. The second-order valence-electron chi connectivity index (χ2n) is 5.37. The molecule has 2 amide bonds. The first kappa shape index (κ1) is 15.2. The molecule has 1 heterocycles. The topological polar surface area (TPSA) is 75.9 Å². The highest BCUT2D eigenvalue weighted by atomic mass is 16.5. The van der Waals surface area contributed by atoms with Gasteiger partial charge in [-0.3, -0.25) is 9.59 Å². The second-order valence-corrected chi connectivity index (χ2v) is 5.37. The molecule has 6 nitrogen and oxygen atoms in total. The van der Waals surface area contributed by atoms with Crippen molar-refractivity contribution in [2.75, 3.05) is 31.3 Å². The number of hydrogen-bond donors (Lipinski definition) is 1. The molecule has 6 heteroatoms. The molecule has 1 aromatic carbocycles. The third kappa shape index (κ3) is 3.26. The Bertz CT molecular complexity index is 557. The Morgan fingerprint density at radius 2 is 2.14 bits per heavy atom. The number of hydrogen-bond acceptors (Lipinski definition) is 4. The largest absolute Gasteiger partial charge is 0.479 e. The lowest BCUT2D eigenvalue weighted by Gasteiger charge is -2.33. The summed E-state index contributed by atoms with van der Waals surface area (Å²) >= 11 is 0. The van der Waals surface area contributed by atoms with E-state index in [1.165, 1.54) is 0 Å². The Morgan fingerprint density at radius 1 is 1.43 bits per heavy atom. The van der Waals surface area contributed by atoms with Crippen molar-refractivity contribution in [1.29, 1.82) is 0 Å². The Hall–Kier alpha value is -2.24. The van der Waals surface area contributed by atoms with Crippen molar-refractivity contribution in [2.45, 2.75) is 25.9 Å². The van der Waals surface area contributed by atoms with E-state index in [0.717, 1.165) is 0 Å². The van der Waals surface area contributed by atoms with Crippen LogP contribution in [0.15, 0.2) is 18.2 Å². The van der Waals surface area contributed by atoms with Crippen molar-refractivity contribution in [1.82, 2.24) is 4.90 Å². The maximum absolute atomic E-state index is 12.3. The maximum Gasteiger partial charge on any atom is 0.267 e. The molecular formula is C15H21N3O3. The van der Waals surface area contributed by atoms with E-state index in [9.17, 15) is 9.59 Å². The molecule has 0 aromatic heterocycles. The number of anilines is 2. The molecule has 0 spiro atoms. The summed E-state index contributed by atoms with van der Waals surface area (Å²) < 4.78 is 5.57. The zero-order valence-electron chi connectivity index (χ0n) is 12.6. The van der Waals surface area contributed by atoms with Gasteiger partial charge >= 0.3 is 0 Å². The molecule has 1 unspecified atom stereocenters. The van der Waals surface area contributed by atoms with Gasteiger partial charge in [0.1, 0.15) is 5.75 Å².